The Bertz CT molecular complexity index is 594. The van der Waals surface area contributed by atoms with Gasteiger partial charge in [0.05, 0.1) is 11.4 Å². The minimum absolute atomic E-state index is 0.0577. The highest BCUT2D eigenvalue weighted by Gasteiger charge is 2.27. The van der Waals surface area contributed by atoms with E-state index in [0.29, 0.717) is 6.54 Å². The Kier molecular flexibility index (Phi) is 5.66. The molecule has 0 atom stereocenters. The van der Waals surface area contributed by atoms with Gasteiger partial charge in [0, 0.05) is 18.5 Å². The van der Waals surface area contributed by atoms with Gasteiger partial charge in [0.2, 0.25) is 15.9 Å². The van der Waals surface area contributed by atoms with E-state index in [1.165, 1.54) is 5.38 Å². The van der Waals surface area contributed by atoms with E-state index < -0.39 is 21.9 Å². The van der Waals surface area contributed by atoms with Crippen LogP contribution in [0.3, 0.4) is 0 Å². The van der Waals surface area contributed by atoms with Crippen molar-refractivity contribution in [3.05, 3.63) is 16.3 Å². The number of sulfonamides is 1. The Morgan fingerprint density at radius 3 is 2.50 bits per heavy atom. The molecule has 112 valence electrons. The second-order valence-corrected chi connectivity index (χ2v) is 6.69. The van der Waals surface area contributed by atoms with Crippen LogP contribution in [-0.2, 0) is 14.8 Å². The van der Waals surface area contributed by atoms with Crippen LogP contribution < -0.4 is 5.32 Å². The Morgan fingerprint density at radius 2 is 2.05 bits per heavy atom. The number of hydrogen-bond acceptors (Lipinski definition) is 5. The van der Waals surface area contributed by atoms with Crippen molar-refractivity contribution in [3.8, 4) is 0 Å². The molecule has 1 rings (SSSR count). The lowest BCUT2D eigenvalue weighted by atomic mass is 10.5. The zero-order valence-electron chi connectivity index (χ0n) is 11.1. The number of carbonyl (C=O) groups is 2. The molecule has 1 aromatic rings. The number of nitrogens with one attached hydrogen (secondary N) is 1. The number of rotatable bonds is 7. The number of carboxylic acid groups (broad SMARTS) is 1. The second kappa shape index (κ2) is 6.82. The highest BCUT2D eigenvalue weighted by Crippen LogP contribution is 2.22. The molecule has 1 heterocycles. The van der Waals surface area contributed by atoms with E-state index in [1.54, 1.807) is 13.8 Å². The van der Waals surface area contributed by atoms with Crippen LogP contribution in [0, 0.1) is 0 Å². The van der Waals surface area contributed by atoms with Gasteiger partial charge < -0.3 is 10.4 Å². The Morgan fingerprint density at radius 1 is 1.40 bits per heavy atom. The fourth-order valence-electron chi connectivity index (χ4n) is 1.50. The second-order valence-electron chi connectivity index (χ2n) is 3.84. The van der Waals surface area contributed by atoms with Gasteiger partial charge in [-0.3, -0.25) is 4.79 Å². The lowest BCUT2D eigenvalue weighted by Crippen LogP contribution is -2.40. The molecule has 0 aliphatic rings. The molecule has 7 nitrogen and oxygen atoms in total. The third kappa shape index (κ3) is 3.78. The van der Waals surface area contributed by atoms with Gasteiger partial charge in [0.25, 0.3) is 0 Å². The topological polar surface area (TPSA) is 104 Å². The fraction of sp³-hybridized carbons (Fsp3) is 0.455. The van der Waals surface area contributed by atoms with Crippen LogP contribution in [-0.4, -0.2) is 49.3 Å². The number of hydrogen-bond donors (Lipinski definition) is 2. The maximum Gasteiger partial charge on any atom is 0.345 e. The van der Waals surface area contributed by atoms with Crippen molar-refractivity contribution in [3.63, 3.8) is 0 Å². The smallest absolute Gasteiger partial charge is 0.345 e. The predicted octanol–water partition coefficient (Wildman–Crippen LogP) is 0.593. The molecule has 0 aromatic carbocycles. The minimum atomic E-state index is -3.86. The summed E-state index contributed by atoms with van der Waals surface area (Å²) in [4.78, 5) is 22.1. The van der Waals surface area contributed by atoms with E-state index in [0.717, 1.165) is 21.7 Å². The van der Waals surface area contributed by atoms with E-state index >= 15 is 0 Å². The van der Waals surface area contributed by atoms with Crippen LogP contribution in [0.1, 0.15) is 23.5 Å². The van der Waals surface area contributed by atoms with E-state index in [9.17, 15) is 18.0 Å². The number of nitrogens with zero attached hydrogens (tertiary/aromatic N) is 1. The van der Waals surface area contributed by atoms with E-state index in [1.807, 2.05) is 0 Å². The molecule has 0 aliphatic carbocycles. The Balaban J connectivity index is 2.99. The molecule has 0 saturated heterocycles. The summed E-state index contributed by atoms with van der Waals surface area (Å²) in [5, 5.41) is 12.6. The summed E-state index contributed by atoms with van der Waals surface area (Å²) in [5.41, 5.74) is 0. The molecule has 0 saturated carbocycles. The van der Waals surface area contributed by atoms with Crippen molar-refractivity contribution in [2.45, 2.75) is 18.7 Å². The van der Waals surface area contributed by atoms with Crippen LogP contribution >= 0.6 is 11.3 Å². The quantitative estimate of drug-likeness (QED) is 0.765. The molecule has 0 spiro atoms. The summed E-state index contributed by atoms with van der Waals surface area (Å²) in [6.45, 7) is 3.60. The molecule has 0 radical (unpaired) electrons. The molecule has 0 bridgehead atoms. The van der Waals surface area contributed by atoms with Crippen molar-refractivity contribution in [2.24, 2.45) is 0 Å². The van der Waals surface area contributed by atoms with E-state index in [2.05, 4.69) is 5.32 Å². The van der Waals surface area contributed by atoms with Crippen molar-refractivity contribution >= 4 is 33.2 Å². The minimum Gasteiger partial charge on any atom is -0.477 e. The van der Waals surface area contributed by atoms with Gasteiger partial charge in [-0.1, -0.05) is 6.92 Å². The molecular formula is C11H16N2O5S2. The molecule has 20 heavy (non-hydrogen) atoms. The Labute approximate surface area is 121 Å². The third-order valence-electron chi connectivity index (χ3n) is 2.47. The van der Waals surface area contributed by atoms with Gasteiger partial charge in [-0.25, -0.2) is 13.2 Å². The van der Waals surface area contributed by atoms with Gasteiger partial charge in [-0.2, -0.15) is 4.31 Å². The third-order valence-corrected chi connectivity index (χ3v) is 5.44. The van der Waals surface area contributed by atoms with Crippen LogP contribution in [0.25, 0.3) is 0 Å². The van der Waals surface area contributed by atoms with E-state index in [4.69, 9.17) is 5.11 Å². The van der Waals surface area contributed by atoms with Crippen molar-refractivity contribution in [1.29, 1.82) is 0 Å². The summed E-state index contributed by atoms with van der Waals surface area (Å²) in [7, 11) is -3.86. The van der Waals surface area contributed by atoms with Gasteiger partial charge in [-0.05, 0) is 13.0 Å². The number of likely N-dealkylation sites (N-methyl/N-ethyl adjacent to an activating group) is 2. The molecule has 0 unspecified atom stereocenters. The van der Waals surface area contributed by atoms with E-state index in [-0.39, 0.29) is 22.9 Å². The number of amides is 1. The first kappa shape index (κ1) is 16.6. The highest BCUT2D eigenvalue weighted by atomic mass is 32.2. The summed E-state index contributed by atoms with van der Waals surface area (Å²) in [6.07, 6.45) is 0. The zero-order chi connectivity index (χ0) is 15.3. The van der Waals surface area contributed by atoms with Gasteiger partial charge in [0.1, 0.15) is 4.88 Å². The van der Waals surface area contributed by atoms with Crippen molar-refractivity contribution in [2.75, 3.05) is 19.6 Å². The first-order chi connectivity index (χ1) is 9.32. The largest absolute Gasteiger partial charge is 0.477 e. The van der Waals surface area contributed by atoms with Gasteiger partial charge in [-0.15, -0.1) is 11.3 Å². The molecule has 2 N–H and O–H groups in total. The van der Waals surface area contributed by atoms with Crippen LogP contribution in [0.4, 0.5) is 0 Å². The number of thiophene rings is 1. The summed E-state index contributed by atoms with van der Waals surface area (Å²) in [5.74, 6) is -1.57. The monoisotopic (exact) mass is 320 g/mol. The normalized spacial score (nSPS) is 11.6. The van der Waals surface area contributed by atoms with Gasteiger partial charge in [0.15, 0.2) is 0 Å². The average molecular weight is 320 g/mol. The highest BCUT2D eigenvalue weighted by molar-refractivity contribution is 7.89. The molecule has 9 heteroatoms. The summed E-state index contributed by atoms with van der Waals surface area (Å²) < 4.78 is 25.6. The summed E-state index contributed by atoms with van der Waals surface area (Å²) >= 11 is 0.836. The standard InChI is InChI=1S/C11H16N2O5S2/c1-3-12-10(14)6-13(4-2)20(17,18)8-5-9(11(15)16)19-7-8/h5,7H,3-4,6H2,1-2H3,(H,12,14)(H,15,16). The van der Waals surface area contributed by atoms with Crippen LogP contribution in [0.2, 0.25) is 0 Å². The average Bonchev–Trinajstić information content (AvgIpc) is 2.86. The number of aromatic carboxylic acids is 1. The van der Waals surface area contributed by atoms with Gasteiger partial charge >= 0.3 is 5.97 Å². The maximum absolute atomic E-state index is 12.3. The maximum atomic E-state index is 12.3. The fourth-order valence-corrected chi connectivity index (χ4v) is 4.00. The molecule has 0 fully saturated rings. The first-order valence-corrected chi connectivity index (χ1v) is 8.23. The number of carbonyl (C=O) groups excluding carboxylic acids is 1. The SMILES string of the molecule is CCNC(=O)CN(CC)S(=O)(=O)c1csc(C(=O)O)c1. The van der Waals surface area contributed by atoms with Crippen LogP contribution in [0.5, 0.6) is 0 Å². The predicted molar refractivity (Wildman–Crippen MR) is 74.4 cm³/mol. The lowest BCUT2D eigenvalue weighted by Gasteiger charge is -2.18. The summed E-state index contributed by atoms with van der Waals surface area (Å²) in [6, 6.07) is 1.10. The van der Waals surface area contributed by atoms with Crippen molar-refractivity contribution in [1.82, 2.24) is 9.62 Å². The molecule has 0 aliphatic heterocycles. The lowest BCUT2D eigenvalue weighted by molar-refractivity contribution is -0.121. The molecule has 1 amide bonds. The molecular weight excluding hydrogens is 304 g/mol. The number of carboxylic acids is 1. The molecule has 1 aromatic heterocycles. The zero-order valence-corrected chi connectivity index (χ0v) is 12.8. The van der Waals surface area contributed by atoms with Crippen molar-refractivity contribution < 1.29 is 23.1 Å². The van der Waals surface area contributed by atoms with Crippen LogP contribution in [0.15, 0.2) is 16.3 Å². The first-order valence-electron chi connectivity index (χ1n) is 5.91. The Hall–Kier alpha value is -1.45.